The molecule has 0 aliphatic rings. The second kappa shape index (κ2) is 3.88. The third-order valence-electron chi connectivity index (χ3n) is 1.98. The Labute approximate surface area is 86.3 Å². The van der Waals surface area contributed by atoms with Crippen LogP contribution in [-0.4, -0.2) is 4.98 Å². The van der Waals surface area contributed by atoms with Gasteiger partial charge in [0.15, 0.2) is 12.4 Å². The number of furan rings is 1. The van der Waals surface area contributed by atoms with E-state index in [-0.39, 0.29) is 0 Å². The Morgan fingerprint density at radius 3 is 2.93 bits per heavy atom. The predicted molar refractivity (Wildman–Crippen MR) is 51.9 cm³/mol. The summed E-state index contributed by atoms with van der Waals surface area (Å²) in [6.07, 6.45) is 2.85. The number of aryl methyl sites for hydroxylation is 1. The second-order valence-corrected chi connectivity index (χ2v) is 2.99. The summed E-state index contributed by atoms with van der Waals surface area (Å²) in [5, 5.41) is 11.8. The molecule has 15 heavy (non-hydrogen) atoms. The van der Waals surface area contributed by atoms with E-state index in [0.717, 1.165) is 0 Å². The molecule has 0 radical (unpaired) electrons. The van der Waals surface area contributed by atoms with Gasteiger partial charge in [-0.25, -0.2) is 4.98 Å². The highest BCUT2D eigenvalue weighted by Gasteiger charge is 2.15. The van der Waals surface area contributed by atoms with Crippen LogP contribution >= 0.6 is 0 Å². The molecule has 0 saturated heterocycles. The molecule has 0 spiro atoms. The van der Waals surface area contributed by atoms with E-state index >= 15 is 0 Å². The van der Waals surface area contributed by atoms with Gasteiger partial charge >= 0.3 is 0 Å². The molecule has 2 rings (SSSR count). The molecule has 0 aliphatic heterocycles. The lowest BCUT2D eigenvalue weighted by Crippen LogP contribution is -2.07. The van der Waals surface area contributed by atoms with Crippen LogP contribution in [0.3, 0.4) is 0 Å². The first-order valence-corrected chi connectivity index (χ1v) is 4.41. The smallest absolute Gasteiger partial charge is 0.217 e. The molecule has 5 heteroatoms. The molecular formula is C10H9N3O2. The number of rotatable bonds is 3. The summed E-state index contributed by atoms with van der Waals surface area (Å²) in [5.74, 6) is 1.03. The average molecular weight is 203 g/mol. The van der Waals surface area contributed by atoms with E-state index in [1.54, 1.807) is 19.1 Å². The maximum Gasteiger partial charge on any atom is 0.217 e. The van der Waals surface area contributed by atoms with Crippen LogP contribution in [0.25, 0.3) is 0 Å². The van der Waals surface area contributed by atoms with Gasteiger partial charge in [-0.15, -0.1) is 0 Å². The van der Waals surface area contributed by atoms with Crippen molar-refractivity contribution in [1.82, 2.24) is 4.98 Å². The quantitative estimate of drug-likeness (QED) is 0.827. The van der Waals surface area contributed by atoms with Crippen LogP contribution in [-0.2, 0) is 0 Å². The van der Waals surface area contributed by atoms with Crippen molar-refractivity contribution in [3.05, 3.63) is 36.2 Å². The van der Waals surface area contributed by atoms with Crippen LogP contribution < -0.4 is 5.32 Å². The number of anilines is 1. The standard InChI is InChI=1S/C10H9N3O2/c1-7-10(15-6-12-7)13-8(5-11)9-3-2-4-14-9/h2-4,6,8,13H,1H3. The summed E-state index contributed by atoms with van der Waals surface area (Å²) in [5.41, 5.74) is 0.710. The normalized spacial score (nSPS) is 12.0. The summed E-state index contributed by atoms with van der Waals surface area (Å²) >= 11 is 0. The first kappa shape index (κ1) is 9.34. The van der Waals surface area contributed by atoms with Crippen molar-refractivity contribution in [2.75, 3.05) is 5.32 Å². The summed E-state index contributed by atoms with van der Waals surface area (Å²) in [7, 11) is 0. The highest BCUT2D eigenvalue weighted by Crippen LogP contribution is 2.21. The van der Waals surface area contributed by atoms with Crippen LogP contribution in [0.15, 0.2) is 33.6 Å². The molecule has 1 unspecified atom stereocenters. The zero-order valence-corrected chi connectivity index (χ0v) is 8.10. The average Bonchev–Trinajstić information content (AvgIpc) is 2.86. The molecule has 0 fully saturated rings. The number of nitrogens with zero attached hydrogens (tertiary/aromatic N) is 2. The number of hydrogen-bond donors (Lipinski definition) is 1. The van der Waals surface area contributed by atoms with Gasteiger partial charge in [0, 0.05) is 0 Å². The van der Waals surface area contributed by atoms with Gasteiger partial charge in [0.05, 0.1) is 12.3 Å². The Morgan fingerprint density at radius 1 is 1.53 bits per heavy atom. The monoisotopic (exact) mass is 203 g/mol. The molecule has 0 bridgehead atoms. The molecule has 0 saturated carbocycles. The first-order valence-electron chi connectivity index (χ1n) is 4.41. The molecule has 1 atom stereocenters. The summed E-state index contributed by atoms with van der Waals surface area (Å²) in [6.45, 7) is 1.79. The van der Waals surface area contributed by atoms with Crippen molar-refractivity contribution < 1.29 is 8.83 Å². The molecular weight excluding hydrogens is 194 g/mol. The maximum atomic E-state index is 8.95. The van der Waals surface area contributed by atoms with Crippen LogP contribution in [0.2, 0.25) is 0 Å². The summed E-state index contributed by atoms with van der Waals surface area (Å²) < 4.78 is 10.2. The third kappa shape index (κ3) is 1.83. The SMILES string of the molecule is Cc1ncoc1NC(C#N)c1ccco1. The highest BCUT2D eigenvalue weighted by atomic mass is 16.4. The maximum absolute atomic E-state index is 8.95. The molecule has 0 aliphatic carbocycles. The Hall–Kier alpha value is -2.22. The lowest BCUT2D eigenvalue weighted by atomic mass is 10.2. The van der Waals surface area contributed by atoms with Gasteiger partial charge < -0.3 is 14.2 Å². The number of hydrogen-bond acceptors (Lipinski definition) is 5. The molecule has 0 aromatic carbocycles. The fraction of sp³-hybridized carbons (Fsp3) is 0.200. The minimum Gasteiger partial charge on any atom is -0.466 e. The van der Waals surface area contributed by atoms with Crippen molar-refractivity contribution in [2.45, 2.75) is 13.0 Å². The van der Waals surface area contributed by atoms with Crippen molar-refractivity contribution in [3.8, 4) is 6.07 Å². The lowest BCUT2D eigenvalue weighted by molar-refractivity contribution is 0.496. The van der Waals surface area contributed by atoms with E-state index in [9.17, 15) is 0 Å². The van der Waals surface area contributed by atoms with Gasteiger partial charge in [0.25, 0.3) is 0 Å². The van der Waals surface area contributed by atoms with Crippen molar-refractivity contribution >= 4 is 5.88 Å². The largest absolute Gasteiger partial charge is 0.466 e. The van der Waals surface area contributed by atoms with Crippen molar-refractivity contribution in [1.29, 1.82) is 5.26 Å². The van der Waals surface area contributed by atoms with Crippen LogP contribution in [0.5, 0.6) is 0 Å². The zero-order valence-electron chi connectivity index (χ0n) is 8.10. The number of oxazole rings is 1. The Kier molecular flexibility index (Phi) is 2.42. The molecule has 76 valence electrons. The van der Waals surface area contributed by atoms with E-state index in [1.807, 2.05) is 0 Å². The molecule has 1 N–H and O–H groups in total. The third-order valence-corrected chi connectivity index (χ3v) is 1.98. The lowest BCUT2D eigenvalue weighted by Gasteiger charge is -2.07. The molecule has 2 aromatic heterocycles. The number of nitrogens with one attached hydrogen (secondary N) is 1. The van der Waals surface area contributed by atoms with Gasteiger partial charge in [0.2, 0.25) is 5.88 Å². The minimum absolute atomic E-state index is 0.484. The van der Waals surface area contributed by atoms with Gasteiger partial charge in [-0.1, -0.05) is 0 Å². The zero-order chi connectivity index (χ0) is 10.7. The van der Waals surface area contributed by atoms with Crippen LogP contribution in [0, 0.1) is 18.3 Å². The molecule has 0 amide bonds. The summed E-state index contributed by atoms with van der Waals surface area (Å²) in [6, 6.07) is 4.97. The van der Waals surface area contributed by atoms with Crippen LogP contribution in [0.4, 0.5) is 5.88 Å². The van der Waals surface area contributed by atoms with E-state index in [1.165, 1.54) is 12.7 Å². The van der Waals surface area contributed by atoms with Crippen LogP contribution in [0.1, 0.15) is 17.5 Å². The highest BCUT2D eigenvalue weighted by molar-refractivity contribution is 5.39. The Morgan fingerprint density at radius 2 is 2.40 bits per heavy atom. The predicted octanol–water partition coefficient (Wildman–Crippen LogP) is 2.25. The molecule has 5 nitrogen and oxygen atoms in total. The number of nitriles is 1. The first-order chi connectivity index (χ1) is 7.31. The van der Waals surface area contributed by atoms with E-state index in [2.05, 4.69) is 16.4 Å². The van der Waals surface area contributed by atoms with Gasteiger partial charge in [-0.05, 0) is 19.1 Å². The van der Waals surface area contributed by atoms with Gasteiger partial charge in [-0.2, -0.15) is 5.26 Å². The Balaban J connectivity index is 2.18. The Bertz CT molecular complexity index is 467. The molecule has 2 aromatic rings. The van der Waals surface area contributed by atoms with E-state index in [4.69, 9.17) is 14.1 Å². The fourth-order valence-corrected chi connectivity index (χ4v) is 1.19. The summed E-state index contributed by atoms with van der Waals surface area (Å²) in [4.78, 5) is 3.92. The minimum atomic E-state index is -0.563. The van der Waals surface area contributed by atoms with E-state index < -0.39 is 6.04 Å². The van der Waals surface area contributed by atoms with Crippen molar-refractivity contribution in [3.63, 3.8) is 0 Å². The van der Waals surface area contributed by atoms with Gasteiger partial charge in [0.1, 0.15) is 11.5 Å². The van der Waals surface area contributed by atoms with Gasteiger partial charge in [-0.3, -0.25) is 0 Å². The molecule has 2 heterocycles. The van der Waals surface area contributed by atoms with Crippen molar-refractivity contribution in [2.24, 2.45) is 0 Å². The van der Waals surface area contributed by atoms with E-state index in [0.29, 0.717) is 17.3 Å². The topological polar surface area (TPSA) is 75.0 Å². The number of aromatic nitrogens is 1. The second-order valence-electron chi connectivity index (χ2n) is 2.99. The fourth-order valence-electron chi connectivity index (χ4n) is 1.19.